The van der Waals surface area contributed by atoms with Crippen LogP contribution >= 0.6 is 11.5 Å². The number of aromatic nitrogens is 3. The van der Waals surface area contributed by atoms with E-state index in [1.807, 2.05) is 12.1 Å². The molecule has 0 N–H and O–H groups in total. The Hall–Kier alpha value is -2.79. The first-order valence-electron chi connectivity index (χ1n) is 9.53. The molecule has 2 aliphatic heterocycles. The SMILES string of the molecule is COc1ccc(CCCn2cccc3n(C)sc4ccc(C)cc4nc2-3)cc1. The van der Waals surface area contributed by atoms with Crippen LogP contribution in [0.25, 0.3) is 21.7 Å². The Bertz CT molecular complexity index is 1100. The summed E-state index contributed by atoms with van der Waals surface area (Å²) in [4.78, 5) is 5.05. The minimum atomic E-state index is 0.903. The maximum Gasteiger partial charge on any atom is 0.158 e. The predicted molar refractivity (Wildman–Crippen MR) is 117 cm³/mol. The number of hydrogen-bond acceptors (Lipinski definition) is 3. The second kappa shape index (κ2) is 8.07. The van der Waals surface area contributed by atoms with Gasteiger partial charge in [0.15, 0.2) is 5.82 Å². The molecule has 0 saturated carbocycles. The van der Waals surface area contributed by atoms with Crippen molar-refractivity contribution in [3.8, 4) is 17.3 Å². The fourth-order valence-corrected chi connectivity index (χ4v) is 4.29. The first-order valence-corrected chi connectivity index (χ1v) is 10.3. The van der Waals surface area contributed by atoms with Gasteiger partial charge in [0, 0.05) is 19.8 Å². The number of methoxy groups -OCH3 is 1. The molecule has 0 aromatic heterocycles. The lowest BCUT2D eigenvalue weighted by molar-refractivity contribution is 0.414. The van der Waals surface area contributed by atoms with Gasteiger partial charge in [-0.1, -0.05) is 29.7 Å². The van der Waals surface area contributed by atoms with Crippen molar-refractivity contribution in [2.75, 3.05) is 7.11 Å². The molecule has 2 aliphatic rings. The highest BCUT2D eigenvalue weighted by Crippen LogP contribution is 2.25. The lowest BCUT2D eigenvalue weighted by atomic mass is 10.1. The highest BCUT2D eigenvalue weighted by molar-refractivity contribution is 7.13. The molecule has 0 spiro atoms. The zero-order valence-electron chi connectivity index (χ0n) is 16.6. The van der Waals surface area contributed by atoms with Gasteiger partial charge in [0.1, 0.15) is 5.75 Å². The molecule has 0 atom stereocenters. The number of fused-ring (bicyclic) bond motifs is 2. The van der Waals surface area contributed by atoms with E-state index >= 15 is 0 Å². The molecule has 0 fully saturated rings. The van der Waals surface area contributed by atoms with Crippen molar-refractivity contribution >= 4 is 21.7 Å². The summed E-state index contributed by atoms with van der Waals surface area (Å²) in [6.45, 7) is 3.04. The van der Waals surface area contributed by atoms with Crippen LogP contribution in [0.3, 0.4) is 0 Å². The van der Waals surface area contributed by atoms with Crippen LogP contribution in [-0.2, 0) is 20.0 Å². The quantitative estimate of drug-likeness (QED) is 0.442. The largest absolute Gasteiger partial charge is 0.497 e. The molecule has 0 aliphatic carbocycles. The van der Waals surface area contributed by atoms with E-state index < -0.39 is 0 Å². The van der Waals surface area contributed by atoms with Crippen LogP contribution in [0.15, 0.2) is 60.8 Å². The van der Waals surface area contributed by atoms with E-state index in [9.17, 15) is 0 Å². The summed E-state index contributed by atoms with van der Waals surface area (Å²) < 4.78 is 10.9. The molecule has 0 bridgehead atoms. The van der Waals surface area contributed by atoms with Gasteiger partial charge in [-0.25, -0.2) is 4.98 Å². The van der Waals surface area contributed by atoms with Gasteiger partial charge >= 0.3 is 0 Å². The monoisotopic (exact) mass is 391 g/mol. The highest BCUT2D eigenvalue weighted by atomic mass is 32.1. The molecule has 4 rings (SSSR count). The average molecular weight is 392 g/mol. The molecule has 2 heterocycles. The maximum absolute atomic E-state index is 5.24. The summed E-state index contributed by atoms with van der Waals surface area (Å²) in [6, 6.07) is 19.1. The van der Waals surface area contributed by atoms with E-state index in [-0.39, 0.29) is 0 Å². The van der Waals surface area contributed by atoms with E-state index in [1.165, 1.54) is 15.8 Å². The van der Waals surface area contributed by atoms with Crippen LogP contribution in [-0.4, -0.2) is 20.6 Å². The number of benzene rings is 2. The number of ether oxygens (including phenoxy) is 1. The van der Waals surface area contributed by atoms with Gasteiger partial charge in [0.05, 0.1) is 23.0 Å². The molecule has 144 valence electrons. The van der Waals surface area contributed by atoms with Gasteiger partial charge in [-0.05, 0) is 67.3 Å². The minimum Gasteiger partial charge on any atom is -0.497 e. The molecular formula is C23H25N3OS. The van der Waals surface area contributed by atoms with Crippen LogP contribution in [0.1, 0.15) is 17.5 Å². The summed E-state index contributed by atoms with van der Waals surface area (Å²) in [5.74, 6) is 1.93. The maximum atomic E-state index is 5.24. The first kappa shape index (κ1) is 18.6. The van der Waals surface area contributed by atoms with E-state index in [2.05, 4.69) is 71.2 Å². The predicted octanol–water partition coefficient (Wildman–Crippen LogP) is 5.62. The molecule has 28 heavy (non-hydrogen) atoms. The third-order valence-electron chi connectivity index (χ3n) is 4.96. The fourth-order valence-electron chi connectivity index (χ4n) is 3.43. The molecule has 0 amide bonds. The van der Waals surface area contributed by atoms with Gasteiger partial charge in [0.25, 0.3) is 0 Å². The first-order chi connectivity index (χ1) is 13.6. The molecule has 0 saturated heterocycles. The molecule has 2 aromatic rings. The van der Waals surface area contributed by atoms with Gasteiger partial charge < -0.3 is 9.30 Å². The molecule has 2 aromatic carbocycles. The van der Waals surface area contributed by atoms with Crippen molar-refractivity contribution < 1.29 is 4.74 Å². The van der Waals surface area contributed by atoms with E-state index in [4.69, 9.17) is 9.72 Å². The normalized spacial score (nSPS) is 11.1. The summed E-state index contributed by atoms with van der Waals surface area (Å²) in [5, 5.41) is 0. The fraction of sp³-hybridized carbons (Fsp3) is 0.261. The van der Waals surface area contributed by atoms with Crippen molar-refractivity contribution in [2.45, 2.75) is 26.3 Å². The van der Waals surface area contributed by atoms with Crippen molar-refractivity contribution in [1.29, 1.82) is 0 Å². The summed E-state index contributed by atoms with van der Waals surface area (Å²) in [5.41, 5.74) is 4.75. The van der Waals surface area contributed by atoms with Crippen molar-refractivity contribution in [2.24, 2.45) is 7.05 Å². The molecule has 0 unspecified atom stereocenters. The Morgan fingerprint density at radius 1 is 1.07 bits per heavy atom. The van der Waals surface area contributed by atoms with Gasteiger partial charge in [0.2, 0.25) is 0 Å². The molecule has 0 radical (unpaired) electrons. The third-order valence-corrected chi connectivity index (χ3v) is 5.97. The minimum absolute atomic E-state index is 0.903. The van der Waals surface area contributed by atoms with E-state index in [0.29, 0.717) is 0 Å². The second-order valence-electron chi connectivity index (χ2n) is 7.03. The van der Waals surface area contributed by atoms with Crippen LogP contribution in [0.2, 0.25) is 0 Å². The number of aryl methyl sites for hydroxylation is 4. The summed E-state index contributed by atoms with van der Waals surface area (Å²) >= 11 is 1.73. The summed E-state index contributed by atoms with van der Waals surface area (Å²) in [7, 11) is 3.81. The number of nitrogens with zero attached hydrogens (tertiary/aromatic N) is 3. The van der Waals surface area contributed by atoms with Crippen LogP contribution in [0, 0.1) is 6.92 Å². The third kappa shape index (κ3) is 3.90. The Morgan fingerprint density at radius 3 is 2.68 bits per heavy atom. The summed E-state index contributed by atoms with van der Waals surface area (Å²) in [6.07, 6.45) is 4.22. The molecule has 4 nitrogen and oxygen atoms in total. The molecular weight excluding hydrogens is 366 g/mol. The van der Waals surface area contributed by atoms with Crippen LogP contribution in [0.5, 0.6) is 5.75 Å². The zero-order chi connectivity index (χ0) is 19.5. The number of rotatable bonds is 5. The molecule has 5 heteroatoms. The van der Waals surface area contributed by atoms with E-state index in [0.717, 1.165) is 42.2 Å². The Labute approximate surface area is 169 Å². The van der Waals surface area contributed by atoms with E-state index in [1.54, 1.807) is 18.6 Å². The van der Waals surface area contributed by atoms with Crippen molar-refractivity contribution in [3.05, 3.63) is 71.9 Å². The van der Waals surface area contributed by atoms with Crippen LogP contribution < -0.4 is 4.74 Å². The van der Waals surface area contributed by atoms with Crippen LogP contribution in [0.4, 0.5) is 0 Å². The standard InChI is InChI=1S/C23H25N3OS/c1-17-8-13-22-20(16-17)24-23-21(25(2)28-22)7-5-15-26(23)14-4-6-18-9-11-19(27-3)12-10-18/h5,7-13,15-16H,4,6,14H2,1-3H3. The Morgan fingerprint density at radius 2 is 1.89 bits per heavy atom. The van der Waals surface area contributed by atoms with Gasteiger partial charge in [-0.15, -0.1) is 0 Å². The zero-order valence-corrected chi connectivity index (χ0v) is 17.4. The smallest absolute Gasteiger partial charge is 0.158 e. The number of hydrogen-bond donors (Lipinski definition) is 0. The second-order valence-corrected chi connectivity index (χ2v) is 8.20. The lowest BCUT2D eigenvalue weighted by Crippen LogP contribution is -2.08. The average Bonchev–Trinajstić information content (AvgIpc) is 2.85. The topological polar surface area (TPSA) is 32.0 Å². The van der Waals surface area contributed by atoms with Crippen molar-refractivity contribution in [3.63, 3.8) is 0 Å². The van der Waals surface area contributed by atoms with Gasteiger partial charge in [-0.3, -0.25) is 3.96 Å². The van der Waals surface area contributed by atoms with Gasteiger partial charge in [-0.2, -0.15) is 0 Å². The Kier molecular flexibility index (Phi) is 5.35. The highest BCUT2D eigenvalue weighted by Gasteiger charge is 2.11. The number of pyridine rings is 1. The van der Waals surface area contributed by atoms with Crippen molar-refractivity contribution in [1.82, 2.24) is 13.5 Å². The Balaban J connectivity index is 1.64. The lowest BCUT2D eigenvalue weighted by Gasteiger charge is -2.14.